The van der Waals surface area contributed by atoms with Crippen LogP contribution in [0.4, 0.5) is 0 Å². The lowest BCUT2D eigenvalue weighted by Gasteiger charge is -2.19. The topological polar surface area (TPSA) is 100 Å². The van der Waals surface area contributed by atoms with Gasteiger partial charge in [-0.2, -0.15) is 0 Å². The molecule has 0 spiro atoms. The van der Waals surface area contributed by atoms with Gasteiger partial charge >= 0.3 is 11.9 Å². The Morgan fingerprint density at radius 2 is 1.59 bits per heavy atom. The average molecular weight is 381 g/mol. The van der Waals surface area contributed by atoms with E-state index in [9.17, 15) is 14.4 Å². The van der Waals surface area contributed by atoms with E-state index in [0.717, 1.165) is 0 Å². The van der Waals surface area contributed by atoms with Crippen molar-refractivity contribution in [3.8, 4) is 11.5 Å². The largest absolute Gasteiger partial charge is 0.490 e. The SMILES string of the molecule is CCOc1ccc(C(=O)NCC(=O)OCC(=O)OC(C)(C)C)cc1OCC. The van der Waals surface area contributed by atoms with Gasteiger partial charge < -0.3 is 24.3 Å². The third-order valence-electron chi connectivity index (χ3n) is 2.97. The van der Waals surface area contributed by atoms with Crippen molar-refractivity contribution in [3.05, 3.63) is 23.8 Å². The van der Waals surface area contributed by atoms with E-state index in [2.05, 4.69) is 5.32 Å². The fraction of sp³-hybridized carbons (Fsp3) is 0.526. The Balaban J connectivity index is 2.55. The molecule has 0 bridgehead atoms. The minimum Gasteiger partial charge on any atom is -0.490 e. The molecule has 0 aliphatic carbocycles. The van der Waals surface area contributed by atoms with Gasteiger partial charge in [0.1, 0.15) is 12.1 Å². The first kappa shape index (κ1) is 22.3. The number of hydrogen-bond donors (Lipinski definition) is 1. The van der Waals surface area contributed by atoms with E-state index in [4.69, 9.17) is 18.9 Å². The van der Waals surface area contributed by atoms with Gasteiger partial charge in [0.25, 0.3) is 5.91 Å². The van der Waals surface area contributed by atoms with Crippen molar-refractivity contribution in [2.75, 3.05) is 26.4 Å². The molecule has 0 fully saturated rings. The standard InChI is InChI=1S/C19H27NO7/c1-6-24-14-9-8-13(10-15(14)25-7-2)18(23)20-11-16(21)26-12-17(22)27-19(3,4)5/h8-10H,6-7,11-12H2,1-5H3,(H,20,23). The Labute approximate surface area is 159 Å². The Morgan fingerprint density at radius 3 is 2.19 bits per heavy atom. The third kappa shape index (κ3) is 8.44. The molecule has 1 aromatic carbocycles. The summed E-state index contributed by atoms with van der Waals surface area (Å²) >= 11 is 0. The van der Waals surface area contributed by atoms with Gasteiger partial charge in [-0.3, -0.25) is 9.59 Å². The van der Waals surface area contributed by atoms with Gasteiger partial charge in [0, 0.05) is 5.56 Å². The summed E-state index contributed by atoms with van der Waals surface area (Å²) in [6.45, 7) is 8.79. The number of nitrogens with one attached hydrogen (secondary N) is 1. The summed E-state index contributed by atoms with van der Waals surface area (Å²) < 4.78 is 20.7. The third-order valence-corrected chi connectivity index (χ3v) is 2.97. The van der Waals surface area contributed by atoms with Crippen LogP contribution in [-0.4, -0.2) is 49.8 Å². The Morgan fingerprint density at radius 1 is 0.963 bits per heavy atom. The van der Waals surface area contributed by atoms with E-state index < -0.39 is 30.1 Å². The molecule has 0 aliphatic rings. The van der Waals surface area contributed by atoms with Crippen LogP contribution in [0.25, 0.3) is 0 Å². The minimum absolute atomic E-state index is 0.307. The predicted molar refractivity (Wildman–Crippen MR) is 97.9 cm³/mol. The van der Waals surface area contributed by atoms with Crippen molar-refractivity contribution in [1.82, 2.24) is 5.32 Å². The van der Waals surface area contributed by atoms with E-state index in [-0.39, 0.29) is 6.54 Å². The van der Waals surface area contributed by atoms with E-state index in [1.807, 2.05) is 13.8 Å². The fourth-order valence-electron chi connectivity index (χ4n) is 2.01. The molecule has 8 heteroatoms. The van der Waals surface area contributed by atoms with E-state index in [1.54, 1.807) is 32.9 Å². The minimum atomic E-state index is -0.745. The molecule has 0 saturated heterocycles. The van der Waals surface area contributed by atoms with Crippen molar-refractivity contribution in [2.24, 2.45) is 0 Å². The highest BCUT2D eigenvalue weighted by Gasteiger charge is 2.18. The van der Waals surface area contributed by atoms with Gasteiger partial charge in [0.15, 0.2) is 18.1 Å². The predicted octanol–water partition coefficient (Wildman–Crippen LogP) is 2.10. The van der Waals surface area contributed by atoms with Crippen molar-refractivity contribution in [1.29, 1.82) is 0 Å². The van der Waals surface area contributed by atoms with Crippen LogP contribution in [-0.2, 0) is 19.1 Å². The number of hydrogen-bond acceptors (Lipinski definition) is 7. The van der Waals surface area contributed by atoms with Gasteiger partial charge in [0.2, 0.25) is 0 Å². The van der Waals surface area contributed by atoms with Crippen molar-refractivity contribution < 1.29 is 33.3 Å². The van der Waals surface area contributed by atoms with Crippen LogP contribution in [0.1, 0.15) is 45.0 Å². The van der Waals surface area contributed by atoms with Crippen LogP contribution in [0.2, 0.25) is 0 Å². The number of rotatable bonds is 9. The summed E-state index contributed by atoms with van der Waals surface area (Å²) in [4.78, 5) is 35.4. The lowest BCUT2D eigenvalue weighted by molar-refractivity contribution is -0.166. The summed E-state index contributed by atoms with van der Waals surface area (Å²) in [5.41, 5.74) is -0.356. The number of benzene rings is 1. The highest BCUT2D eigenvalue weighted by molar-refractivity contribution is 5.96. The van der Waals surface area contributed by atoms with Gasteiger partial charge in [-0.15, -0.1) is 0 Å². The van der Waals surface area contributed by atoms with Crippen LogP contribution in [0, 0.1) is 0 Å². The maximum atomic E-state index is 12.2. The first-order valence-corrected chi connectivity index (χ1v) is 8.71. The van der Waals surface area contributed by atoms with Crippen molar-refractivity contribution in [2.45, 2.75) is 40.2 Å². The summed E-state index contributed by atoms with van der Waals surface area (Å²) in [7, 11) is 0. The first-order chi connectivity index (χ1) is 12.7. The second kappa shape index (κ2) is 10.4. The summed E-state index contributed by atoms with van der Waals surface area (Å²) in [6, 6.07) is 4.73. The molecule has 8 nitrogen and oxygen atoms in total. The number of esters is 2. The molecule has 1 rings (SSSR count). The lowest BCUT2D eigenvalue weighted by Crippen LogP contribution is -2.33. The molecule has 1 amide bonds. The second-order valence-corrected chi connectivity index (χ2v) is 6.46. The zero-order chi connectivity index (χ0) is 20.4. The normalized spacial score (nSPS) is 10.7. The van der Waals surface area contributed by atoms with Crippen molar-refractivity contribution >= 4 is 17.8 Å². The van der Waals surface area contributed by atoms with Crippen LogP contribution < -0.4 is 14.8 Å². The smallest absolute Gasteiger partial charge is 0.344 e. The highest BCUT2D eigenvalue weighted by Crippen LogP contribution is 2.28. The molecule has 0 unspecified atom stereocenters. The first-order valence-electron chi connectivity index (χ1n) is 8.71. The molecule has 0 aromatic heterocycles. The Kier molecular flexibility index (Phi) is 8.58. The van der Waals surface area contributed by atoms with Gasteiger partial charge in [-0.1, -0.05) is 0 Å². The maximum Gasteiger partial charge on any atom is 0.344 e. The van der Waals surface area contributed by atoms with E-state index >= 15 is 0 Å². The zero-order valence-electron chi connectivity index (χ0n) is 16.4. The number of ether oxygens (including phenoxy) is 4. The highest BCUT2D eigenvalue weighted by atomic mass is 16.6. The summed E-state index contributed by atoms with van der Waals surface area (Å²) in [5, 5.41) is 2.43. The summed E-state index contributed by atoms with van der Waals surface area (Å²) in [5.74, 6) is -0.902. The second-order valence-electron chi connectivity index (χ2n) is 6.46. The molecule has 0 saturated carbocycles. The molecule has 0 aliphatic heterocycles. The van der Waals surface area contributed by atoms with E-state index in [0.29, 0.717) is 30.3 Å². The quantitative estimate of drug-likeness (QED) is 0.654. The van der Waals surface area contributed by atoms with Crippen LogP contribution in [0.5, 0.6) is 11.5 Å². The van der Waals surface area contributed by atoms with E-state index in [1.165, 1.54) is 6.07 Å². The summed E-state index contributed by atoms with van der Waals surface area (Å²) in [6.07, 6.45) is 0. The molecule has 1 aromatic rings. The number of amides is 1. The Hall–Kier alpha value is -2.77. The zero-order valence-corrected chi connectivity index (χ0v) is 16.4. The Bertz CT molecular complexity index is 665. The number of carbonyl (C=O) groups is 3. The molecule has 0 atom stereocenters. The maximum absolute atomic E-state index is 12.2. The van der Waals surface area contributed by atoms with Crippen LogP contribution in [0.3, 0.4) is 0 Å². The molecule has 1 N–H and O–H groups in total. The molecule has 0 heterocycles. The van der Waals surface area contributed by atoms with Crippen LogP contribution in [0.15, 0.2) is 18.2 Å². The molecular formula is C19H27NO7. The van der Waals surface area contributed by atoms with Gasteiger partial charge in [0.05, 0.1) is 13.2 Å². The van der Waals surface area contributed by atoms with Crippen molar-refractivity contribution in [3.63, 3.8) is 0 Å². The lowest BCUT2D eigenvalue weighted by atomic mass is 10.2. The molecule has 27 heavy (non-hydrogen) atoms. The van der Waals surface area contributed by atoms with Crippen LogP contribution >= 0.6 is 0 Å². The number of carbonyl (C=O) groups excluding carboxylic acids is 3. The molecular weight excluding hydrogens is 354 g/mol. The fourth-order valence-corrected chi connectivity index (χ4v) is 2.01. The molecule has 150 valence electrons. The van der Waals surface area contributed by atoms with Gasteiger partial charge in [-0.25, -0.2) is 4.79 Å². The molecule has 0 radical (unpaired) electrons. The van der Waals surface area contributed by atoms with Gasteiger partial charge in [-0.05, 0) is 52.8 Å². The monoisotopic (exact) mass is 381 g/mol. The average Bonchev–Trinajstić information content (AvgIpc) is 2.58.